The molecule has 1 aliphatic heterocycles. The lowest BCUT2D eigenvalue weighted by Gasteiger charge is -2.38. The van der Waals surface area contributed by atoms with E-state index in [-0.39, 0.29) is 0 Å². The van der Waals surface area contributed by atoms with Crippen LogP contribution in [0.25, 0.3) is 0 Å². The number of likely N-dealkylation sites (N-methyl/N-ethyl adjacent to an activating group) is 1. The number of nitrogens with zero attached hydrogens (tertiary/aromatic N) is 1. The molecule has 94 valence electrons. The molecule has 0 radical (unpaired) electrons. The van der Waals surface area contributed by atoms with E-state index in [1.165, 1.54) is 38.5 Å². The van der Waals surface area contributed by atoms with Crippen molar-refractivity contribution >= 4 is 0 Å². The monoisotopic (exact) mass is 226 g/mol. The van der Waals surface area contributed by atoms with Crippen LogP contribution < -0.4 is 5.73 Å². The molecule has 3 heteroatoms. The standard InChI is InChI=1S/C13H26N2O/c1-2-15(10-11-6-5-9-16-11)13-8-4-3-7-12(13)14/h11-13H,2-10,14H2,1H3. The van der Waals surface area contributed by atoms with E-state index in [1.807, 2.05) is 0 Å². The highest BCUT2D eigenvalue weighted by molar-refractivity contribution is 4.87. The number of hydrogen-bond donors (Lipinski definition) is 1. The first-order valence-electron chi connectivity index (χ1n) is 6.92. The minimum absolute atomic E-state index is 0.384. The van der Waals surface area contributed by atoms with Crippen LogP contribution in [0.2, 0.25) is 0 Å². The van der Waals surface area contributed by atoms with Crippen LogP contribution in [-0.4, -0.2) is 42.8 Å². The second-order valence-corrected chi connectivity index (χ2v) is 5.24. The Morgan fingerprint density at radius 1 is 1.19 bits per heavy atom. The first-order chi connectivity index (χ1) is 7.81. The summed E-state index contributed by atoms with van der Waals surface area (Å²) in [5.74, 6) is 0. The molecule has 1 saturated carbocycles. The average molecular weight is 226 g/mol. The maximum atomic E-state index is 6.25. The van der Waals surface area contributed by atoms with Crippen LogP contribution in [-0.2, 0) is 4.74 Å². The van der Waals surface area contributed by atoms with E-state index in [4.69, 9.17) is 10.5 Å². The van der Waals surface area contributed by atoms with Crippen molar-refractivity contribution in [2.24, 2.45) is 5.73 Å². The molecular formula is C13H26N2O. The molecule has 2 rings (SSSR count). The van der Waals surface area contributed by atoms with E-state index < -0.39 is 0 Å². The summed E-state index contributed by atoms with van der Waals surface area (Å²) in [5, 5.41) is 0. The van der Waals surface area contributed by atoms with E-state index in [9.17, 15) is 0 Å². The molecule has 0 spiro atoms. The van der Waals surface area contributed by atoms with E-state index in [0.717, 1.165) is 19.7 Å². The molecule has 16 heavy (non-hydrogen) atoms. The van der Waals surface area contributed by atoms with Gasteiger partial charge in [0, 0.05) is 25.2 Å². The van der Waals surface area contributed by atoms with Gasteiger partial charge in [0.25, 0.3) is 0 Å². The quantitative estimate of drug-likeness (QED) is 0.794. The maximum absolute atomic E-state index is 6.25. The fraction of sp³-hybridized carbons (Fsp3) is 1.00. The molecule has 1 saturated heterocycles. The van der Waals surface area contributed by atoms with Gasteiger partial charge in [0.15, 0.2) is 0 Å². The Morgan fingerprint density at radius 2 is 2.00 bits per heavy atom. The van der Waals surface area contributed by atoms with Crippen LogP contribution in [0.1, 0.15) is 45.4 Å². The summed E-state index contributed by atoms with van der Waals surface area (Å²) in [4.78, 5) is 2.56. The number of nitrogens with two attached hydrogens (primary N) is 1. The van der Waals surface area contributed by atoms with Crippen LogP contribution >= 0.6 is 0 Å². The highest BCUT2D eigenvalue weighted by Crippen LogP contribution is 2.23. The van der Waals surface area contributed by atoms with Gasteiger partial charge >= 0.3 is 0 Å². The maximum Gasteiger partial charge on any atom is 0.0702 e. The summed E-state index contributed by atoms with van der Waals surface area (Å²) in [6.45, 7) is 5.41. The van der Waals surface area contributed by atoms with Gasteiger partial charge in [0.05, 0.1) is 6.10 Å². The first-order valence-corrected chi connectivity index (χ1v) is 6.92. The Labute approximate surface area is 99.3 Å². The molecule has 3 atom stereocenters. The van der Waals surface area contributed by atoms with Gasteiger partial charge in [-0.2, -0.15) is 0 Å². The zero-order valence-corrected chi connectivity index (χ0v) is 10.5. The highest BCUT2D eigenvalue weighted by atomic mass is 16.5. The van der Waals surface area contributed by atoms with E-state index >= 15 is 0 Å². The second kappa shape index (κ2) is 5.99. The Morgan fingerprint density at radius 3 is 2.62 bits per heavy atom. The van der Waals surface area contributed by atoms with Crippen molar-refractivity contribution in [2.45, 2.75) is 63.6 Å². The fourth-order valence-corrected chi connectivity index (χ4v) is 3.14. The van der Waals surface area contributed by atoms with Crippen LogP contribution in [0.3, 0.4) is 0 Å². The molecule has 0 aromatic heterocycles. The van der Waals surface area contributed by atoms with Crippen molar-refractivity contribution in [3.63, 3.8) is 0 Å². The summed E-state index contributed by atoms with van der Waals surface area (Å²) in [7, 11) is 0. The van der Waals surface area contributed by atoms with Crippen molar-refractivity contribution in [3.8, 4) is 0 Å². The summed E-state index contributed by atoms with van der Waals surface area (Å²) >= 11 is 0. The molecule has 3 nitrogen and oxygen atoms in total. The average Bonchev–Trinajstić information content (AvgIpc) is 2.80. The Bertz CT molecular complexity index is 204. The topological polar surface area (TPSA) is 38.5 Å². The van der Waals surface area contributed by atoms with Crippen LogP contribution in [0, 0.1) is 0 Å². The summed E-state index contributed by atoms with van der Waals surface area (Å²) < 4.78 is 5.73. The van der Waals surface area contributed by atoms with Gasteiger partial charge in [0.2, 0.25) is 0 Å². The van der Waals surface area contributed by atoms with Gasteiger partial charge in [-0.15, -0.1) is 0 Å². The van der Waals surface area contributed by atoms with Crippen molar-refractivity contribution in [1.29, 1.82) is 0 Å². The normalized spacial score (nSPS) is 35.8. The van der Waals surface area contributed by atoms with Gasteiger partial charge in [-0.05, 0) is 32.2 Å². The third-order valence-electron chi connectivity index (χ3n) is 4.12. The molecule has 2 aliphatic rings. The predicted molar refractivity (Wildman–Crippen MR) is 66.5 cm³/mol. The molecular weight excluding hydrogens is 200 g/mol. The molecule has 0 aromatic carbocycles. The van der Waals surface area contributed by atoms with Gasteiger partial charge < -0.3 is 10.5 Å². The largest absolute Gasteiger partial charge is 0.377 e. The second-order valence-electron chi connectivity index (χ2n) is 5.24. The van der Waals surface area contributed by atoms with E-state index in [2.05, 4.69) is 11.8 Å². The molecule has 1 heterocycles. The molecule has 2 N–H and O–H groups in total. The smallest absolute Gasteiger partial charge is 0.0702 e. The van der Waals surface area contributed by atoms with E-state index in [1.54, 1.807) is 0 Å². The molecule has 0 aromatic rings. The third-order valence-corrected chi connectivity index (χ3v) is 4.12. The van der Waals surface area contributed by atoms with Gasteiger partial charge in [-0.3, -0.25) is 4.90 Å². The molecule has 0 bridgehead atoms. The SMILES string of the molecule is CCN(CC1CCCO1)C1CCCCC1N. The lowest BCUT2D eigenvalue weighted by molar-refractivity contribution is 0.0461. The fourth-order valence-electron chi connectivity index (χ4n) is 3.14. The predicted octanol–water partition coefficient (Wildman–Crippen LogP) is 1.76. The van der Waals surface area contributed by atoms with Crippen molar-refractivity contribution in [3.05, 3.63) is 0 Å². The lowest BCUT2D eigenvalue weighted by atomic mass is 9.89. The zero-order valence-electron chi connectivity index (χ0n) is 10.5. The van der Waals surface area contributed by atoms with Gasteiger partial charge in [-0.25, -0.2) is 0 Å². The van der Waals surface area contributed by atoms with Gasteiger partial charge in [-0.1, -0.05) is 19.8 Å². The van der Waals surface area contributed by atoms with Crippen LogP contribution in [0.15, 0.2) is 0 Å². The van der Waals surface area contributed by atoms with Crippen LogP contribution in [0.5, 0.6) is 0 Å². The molecule has 0 amide bonds. The number of rotatable bonds is 4. The van der Waals surface area contributed by atoms with E-state index in [0.29, 0.717) is 18.2 Å². The molecule has 1 aliphatic carbocycles. The van der Waals surface area contributed by atoms with Crippen LogP contribution in [0.4, 0.5) is 0 Å². The Balaban J connectivity index is 1.86. The number of ether oxygens (including phenoxy) is 1. The molecule has 3 unspecified atom stereocenters. The van der Waals surface area contributed by atoms with Crippen molar-refractivity contribution in [1.82, 2.24) is 4.90 Å². The zero-order chi connectivity index (χ0) is 11.4. The Hall–Kier alpha value is -0.120. The highest BCUT2D eigenvalue weighted by Gasteiger charge is 2.29. The first kappa shape index (κ1) is 12.3. The summed E-state index contributed by atoms with van der Waals surface area (Å²) in [5.41, 5.74) is 6.25. The Kier molecular flexibility index (Phi) is 4.62. The third kappa shape index (κ3) is 2.96. The number of hydrogen-bond acceptors (Lipinski definition) is 3. The summed E-state index contributed by atoms with van der Waals surface area (Å²) in [6, 6.07) is 0.984. The van der Waals surface area contributed by atoms with Crippen molar-refractivity contribution in [2.75, 3.05) is 19.7 Å². The minimum atomic E-state index is 0.384. The molecule has 2 fully saturated rings. The van der Waals surface area contributed by atoms with Gasteiger partial charge in [0.1, 0.15) is 0 Å². The minimum Gasteiger partial charge on any atom is -0.377 e. The lowest BCUT2D eigenvalue weighted by Crippen LogP contribution is -2.51. The summed E-state index contributed by atoms with van der Waals surface area (Å²) in [6.07, 6.45) is 8.08. The van der Waals surface area contributed by atoms with Crippen molar-refractivity contribution < 1.29 is 4.74 Å².